The van der Waals surface area contributed by atoms with Gasteiger partial charge in [0.25, 0.3) is 5.56 Å². The Balaban J connectivity index is 0.000000278. The number of hydrogen-bond donors (Lipinski definition) is 3. The molecular formula is C19H22N5O2+. The zero-order chi connectivity index (χ0) is 18.4. The molecule has 0 aliphatic carbocycles. The zero-order valence-electron chi connectivity index (χ0n) is 14.4. The number of benzene rings is 1. The Morgan fingerprint density at radius 3 is 2.54 bits per heavy atom. The van der Waals surface area contributed by atoms with Gasteiger partial charge >= 0.3 is 0 Å². The SMILES string of the molecule is C1CC[NH2+]CC1.N#CC1=C(N)Oc2nc[nH]c(=O)c2C1c1ccccc1. The van der Waals surface area contributed by atoms with Crippen LogP contribution in [0.1, 0.15) is 36.3 Å². The molecule has 5 N–H and O–H groups in total. The number of fused-ring (bicyclic) bond motifs is 1. The first-order chi connectivity index (χ1) is 12.7. The molecule has 0 amide bonds. The Bertz CT molecular complexity index is 867. The van der Waals surface area contributed by atoms with E-state index in [1.807, 2.05) is 36.4 Å². The number of aromatic amines is 1. The third-order valence-corrected chi connectivity index (χ3v) is 4.47. The minimum Gasteiger partial charge on any atom is -0.422 e. The van der Waals surface area contributed by atoms with Crippen molar-refractivity contribution in [2.45, 2.75) is 25.2 Å². The Morgan fingerprint density at radius 1 is 1.23 bits per heavy atom. The van der Waals surface area contributed by atoms with Crippen molar-refractivity contribution in [1.29, 1.82) is 5.26 Å². The van der Waals surface area contributed by atoms with Crippen molar-refractivity contribution < 1.29 is 10.1 Å². The van der Waals surface area contributed by atoms with Gasteiger partial charge < -0.3 is 20.8 Å². The van der Waals surface area contributed by atoms with Crippen LogP contribution in [0.15, 0.2) is 52.9 Å². The van der Waals surface area contributed by atoms with Crippen LogP contribution in [0, 0.1) is 11.3 Å². The summed E-state index contributed by atoms with van der Waals surface area (Å²) in [4.78, 5) is 18.5. The number of H-pyrrole nitrogens is 1. The zero-order valence-corrected chi connectivity index (χ0v) is 14.4. The average Bonchev–Trinajstić information content (AvgIpc) is 2.69. The first-order valence-corrected chi connectivity index (χ1v) is 8.74. The van der Waals surface area contributed by atoms with E-state index in [1.165, 1.54) is 38.7 Å². The van der Waals surface area contributed by atoms with Crippen molar-refractivity contribution in [3.05, 3.63) is 69.6 Å². The number of hydrogen-bond acceptors (Lipinski definition) is 5. The van der Waals surface area contributed by atoms with Crippen LogP contribution in [-0.2, 0) is 0 Å². The van der Waals surface area contributed by atoms with Gasteiger partial charge in [0.2, 0.25) is 11.8 Å². The van der Waals surface area contributed by atoms with Gasteiger partial charge in [0.1, 0.15) is 11.6 Å². The Morgan fingerprint density at radius 2 is 1.96 bits per heavy atom. The molecule has 0 radical (unpaired) electrons. The van der Waals surface area contributed by atoms with E-state index < -0.39 is 5.92 Å². The molecule has 2 aliphatic heterocycles. The maximum Gasteiger partial charge on any atom is 0.258 e. The molecule has 0 saturated carbocycles. The fourth-order valence-electron chi connectivity index (χ4n) is 3.17. The lowest BCUT2D eigenvalue weighted by Gasteiger charge is -2.24. The van der Waals surface area contributed by atoms with E-state index in [4.69, 9.17) is 10.5 Å². The topological polar surface area (TPSA) is 121 Å². The summed E-state index contributed by atoms with van der Waals surface area (Å²) < 4.78 is 5.27. The maximum absolute atomic E-state index is 12.1. The molecule has 1 atom stereocenters. The molecule has 2 aromatic rings. The number of rotatable bonds is 1. The number of ether oxygens (including phenoxy) is 1. The molecule has 134 valence electrons. The van der Waals surface area contributed by atoms with Crippen molar-refractivity contribution in [1.82, 2.24) is 9.97 Å². The summed E-state index contributed by atoms with van der Waals surface area (Å²) in [5.41, 5.74) is 6.71. The predicted octanol–water partition coefficient (Wildman–Crippen LogP) is 0.722. The van der Waals surface area contributed by atoms with Gasteiger partial charge in [-0.2, -0.15) is 5.26 Å². The minimum absolute atomic E-state index is 0.0213. The summed E-state index contributed by atoms with van der Waals surface area (Å²) in [6.45, 7) is 2.75. The summed E-state index contributed by atoms with van der Waals surface area (Å²) in [6.07, 6.45) is 5.60. The molecule has 4 rings (SSSR count). The molecule has 1 fully saturated rings. The molecule has 3 heterocycles. The molecule has 1 aromatic carbocycles. The molecule has 0 spiro atoms. The average molecular weight is 352 g/mol. The van der Waals surface area contributed by atoms with E-state index >= 15 is 0 Å². The summed E-state index contributed by atoms with van der Waals surface area (Å²) in [5.74, 6) is -0.451. The quantitative estimate of drug-likeness (QED) is 0.698. The molecule has 26 heavy (non-hydrogen) atoms. The normalized spacial score (nSPS) is 18.7. The van der Waals surface area contributed by atoms with E-state index in [0.717, 1.165) is 5.56 Å². The standard InChI is InChI=1S/C14H10N4O2.C5H11N/c15-6-9-10(8-4-2-1-3-5-8)11-13(19)17-7-18-14(11)20-12(9)16;1-2-4-6-5-3-1/h1-5,7,10H,16H2,(H,17,18,19);6H,1-5H2/p+1. The van der Waals surface area contributed by atoms with E-state index in [9.17, 15) is 10.1 Å². The highest BCUT2D eigenvalue weighted by Crippen LogP contribution is 2.38. The Kier molecular flexibility index (Phi) is 5.66. The number of nitrogens with two attached hydrogens (primary N) is 2. The number of piperidine rings is 1. The van der Waals surface area contributed by atoms with Crippen molar-refractivity contribution in [3.63, 3.8) is 0 Å². The highest BCUT2D eigenvalue weighted by atomic mass is 16.5. The monoisotopic (exact) mass is 352 g/mol. The summed E-state index contributed by atoms with van der Waals surface area (Å²) in [5, 5.41) is 11.7. The summed E-state index contributed by atoms with van der Waals surface area (Å²) in [6, 6.07) is 11.2. The summed E-state index contributed by atoms with van der Waals surface area (Å²) in [7, 11) is 0. The lowest BCUT2D eigenvalue weighted by atomic mass is 9.85. The third-order valence-electron chi connectivity index (χ3n) is 4.47. The molecule has 1 unspecified atom stereocenters. The van der Waals surface area contributed by atoms with Gasteiger partial charge in [-0.1, -0.05) is 30.3 Å². The first-order valence-electron chi connectivity index (χ1n) is 8.74. The number of nitrogens with one attached hydrogen (secondary N) is 1. The van der Waals surface area contributed by atoms with Gasteiger partial charge in [0.05, 0.1) is 30.9 Å². The second kappa shape index (κ2) is 8.32. The second-order valence-electron chi connectivity index (χ2n) is 6.21. The van der Waals surface area contributed by atoms with Crippen LogP contribution in [0.4, 0.5) is 0 Å². The number of nitriles is 1. The van der Waals surface area contributed by atoms with Gasteiger partial charge in [0, 0.05) is 0 Å². The molecular weight excluding hydrogens is 330 g/mol. The predicted molar refractivity (Wildman–Crippen MR) is 96.1 cm³/mol. The number of nitrogens with zero attached hydrogens (tertiary/aromatic N) is 2. The minimum atomic E-state index is -0.567. The number of aromatic nitrogens is 2. The number of allylic oxidation sites excluding steroid dienone is 1. The lowest BCUT2D eigenvalue weighted by molar-refractivity contribution is -0.662. The largest absolute Gasteiger partial charge is 0.422 e. The van der Waals surface area contributed by atoms with Crippen LogP contribution in [0.3, 0.4) is 0 Å². The fraction of sp³-hybridized carbons (Fsp3) is 0.316. The van der Waals surface area contributed by atoms with E-state index in [0.29, 0.717) is 5.56 Å². The van der Waals surface area contributed by atoms with Crippen molar-refractivity contribution in [2.24, 2.45) is 5.73 Å². The smallest absolute Gasteiger partial charge is 0.258 e. The molecule has 1 saturated heterocycles. The summed E-state index contributed by atoms with van der Waals surface area (Å²) >= 11 is 0. The van der Waals surface area contributed by atoms with Crippen molar-refractivity contribution in [3.8, 4) is 11.9 Å². The van der Waals surface area contributed by atoms with Gasteiger partial charge in [0.15, 0.2) is 0 Å². The van der Waals surface area contributed by atoms with Crippen molar-refractivity contribution in [2.75, 3.05) is 13.1 Å². The molecule has 2 aliphatic rings. The lowest BCUT2D eigenvalue weighted by Crippen LogP contribution is -2.85. The van der Waals surface area contributed by atoms with E-state index in [-0.39, 0.29) is 22.9 Å². The van der Waals surface area contributed by atoms with Crippen LogP contribution in [-0.4, -0.2) is 23.1 Å². The maximum atomic E-state index is 12.1. The molecule has 0 bridgehead atoms. The highest BCUT2D eigenvalue weighted by Gasteiger charge is 2.33. The Labute approximate surface area is 151 Å². The van der Waals surface area contributed by atoms with Crippen LogP contribution in [0.2, 0.25) is 0 Å². The molecule has 1 aromatic heterocycles. The van der Waals surface area contributed by atoms with E-state index in [1.54, 1.807) is 0 Å². The van der Waals surface area contributed by atoms with Gasteiger partial charge in [-0.3, -0.25) is 4.79 Å². The van der Waals surface area contributed by atoms with Gasteiger partial charge in [-0.25, -0.2) is 4.98 Å². The van der Waals surface area contributed by atoms with Gasteiger partial charge in [-0.05, 0) is 24.8 Å². The fourth-order valence-corrected chi connectivity index (χ4v) is 3.17. The molecule has 7 nitrogen and oxygen atoms in total. The van der Waals surface area contributed by atoms with E-state index in [2.05, 4.69) is 15.3 Å². The second-order valence-corrected chi connectivity index (χ2v) is 6.21. The molecule has 7 heteroatoms. The van der Waals surface area contributed by atoms with Crippen LogP contribution in [0.25, 0.3) is 0 Å². The van der Waals surface area contributed by atoms with Crippen LogP contribution < -0.4 is 21.3 Å². The van der Waals surface area contributed by atoms with Gasteiger partial charge in [-0.15, -0.1) is 0 Å². The highest BCUT2D eigenvalue weighted by molar-refractivity contribution is 5.52. The number of quaternary nitrogens is 1. The third kappa shape index (κ3) is 3.76. The Hall–Kier alpha value is -3.11. The van der Waals surface area contributed by atoms with Crippen LogP contribution >= 0.6 is 0 Å². The first kappa shape index (κ1) is 17.7. The van der Waals surface area contributed by atoms with Crippen LogP contribution in [0.5, 0.6) is 5.88 Å². The van der Waals surface area contributed by atoms with Crippen molar-refractivity contribution >= 4 is 0 Å².